The van der Waals surface area contributed by atoms with Gasteiger partial charge in [-0.2, -0.15) is 0 Å². The number of halogens is 2. The van der Waals surface area contributed by atoms with E-state index in [0.29, 0.717) is 16.7 Å². The smallest absolute Gasteiger partial charge is 0.407 e. The molecule has 5 nitrogen and oxygen atoms in total. The number of piperazine rings is 1. The molecule has 3 rings (SSSR count). The van der Waals surface area contributed by atoms with E-state index in [1.165, 1.54) is 19.3 Å². The average Bonchev–Trinajstić information content (AvgIpc) is 2.74. The maximum Gasteiger partial charge on any atom is 0.407 e. The van der Waals surface area contributed by atoms with Gasteiger partial charge in [0, 0.05) is 32.2 Å². The average molecular weight is 442 g/mol. The summed E-state index contributed by atoms with van der Waals surface area (Å²) in [5.74, 6) is 0.764. The molecule has 2 fully saturated rings. The molecule has 1 saturated carbocycles. The highest BCUT2D eigenvalue weighted by molar-refractivity contribution is 6.43. The van der Waals surface area contributed by atoms with Crippen molar-refractivity contribution < 1.29 is 9.53 Å². The van der Waals surface area contributed by atoms with Crippen molar-refractivity contribution in [3.63, 3.8) is 0 Å². The molecule has 1 aromatic carbocycles. The summed E-state index contributed by atoms with van der Waals surface area (Å²) in [6.07, 6.45) is 6.35. The SMILES string of the molecule is CCCOC(=O)N[C@H]1CC[C@H](CCN2CCN(c3cccc(Cl)c3Cl)CC2)CC1. The number of carbonyl (C=O) groups is 1. The number of hydrogen-bond donors (Lipinski definition) is 1. The van der Waals surface area contributed by atoms with E-state index in [9.17, 15) is 4.79 Å². The number of alkyl carbamates (subject to hydrolysis) is 1. The predicted octanol–water partition coefficient (Wildman–Crippen LogP) is 5.20. The highest BCUT2D eigenvalue weighted by Gasteiger charge is 2.24. The van der Waals surface area contributed by atoms with Crippen molar-refractivity contribution >= 4 is 35.0 Å². The number of nitrogens with zero attached hydrogens (tertiary/aromatic N) is 2. The molecule has 1 heterocycles. The Hall–Kier alpha value is -1.17. The Morgan fingerprint density at radius 1 is 1.14 bits per heavy atom. The second-order valence-electron chi connectivity index (χ2n) is 8.19. The third kappa shape index (κ3) is 6.66. The van der Waals surface area contributed by atoms with E-state index in [2.05, 4.69) is 15.1 Å². The molecule has 0 aromatic heterocycles. The lowest BCUT2D eigenvalue weighted by molar-refractivity contribution is 0.136. The molecule has 1 N–H and O–H groups in total. The minimum atomic E-state index is -0.257. The molecule has 29 heavy (non-hydrogen) atoms. The van der Waals surface area contributed by atoms with Crippen molar-refractivity contribution in [3.05, 3.63) is 28.2 Å². The molecular weight excluding hydrogens is 409 g/mol. The molecule has 2 aliphatic rings. The van der Waals surface area contributed by atoms with E-state index < -0.39 is 0 Å². The van der Waals surface area contributed by atoms with Gasteiger partial charge < -0.3 is 15.0 Å². The van der Waals surface area contributed by atoms with E-state index in [-0.39, 0.29) is 12.1 Å². The summed E-state index contributed by atoms with van der Waals surface area (Å²) in [6, 6.07) is 6.13. The van der Waals surface area contributed by atoms with E-state index in [1.807, 2.05) is 25.1 Å². The molecule has 1 aliphatic heterocycles. The molecular formula is C22H33Cl2N3O2. The largest absolute Gasteiger partial charge is 0.450 e. The van der Waals surface area contributed by atoms with Gasteiger partial charge in [-0.1, -0.05) is 36.2 Å². The number of carbonyl (C=O) groups excluding carboxylic acids is 1. The Bertz CT molecular complexity index is 657. The van der Waals surface area contributed by atoms with Gasteiger partial charge in [-0.05, 0) is 63.1 Å². The molecule has 0 radical (unpaired) electrons. The van der Waals surface area contributed by atoms with Crippen LogP contribution in [0.25, 0.3) is 0 Å². The minimum absolute atomic E-state index is 0.257. The zero-order valence-electron chi connectivity index (χ0n) is 17.3. The normalized spacial score (nSPS) is 23.1. The van der Waals surface area contributed by atoms with Crippen LogP contribution < -0.4 is 10.2 Å². The van der Waals surface area contributed by atoms with Crippen molar-refractivity contribution in [3.8, 4) is 0 Å². The van der Waals surface area contributed by atoms with Gasteiger partial charge in [-0.25, -0.2) is 4.79 Å². The van der Waals surface area contributed by atoms with Gasteiger partial charge in [0.05, 0.1) is 22.3 Å². The van der Waals surface area contributed by atoms with Gasteiger partial charge in [-0.15, -0.1) is 0 Å². The number of benzene rings is 1. The fourth-order valence-electron chi connectivity index (χ4n) is 4.31. The minimum Gasteiger partial charge on any atom is -0.450 e. The van der Waals surface area contributed by atoms with Crippen LogP contribution in [0.1, 0.15) is 45.4 Å². The number of hydrogen-bond acceptors (Lipinski definition) is 4. The Labute approximate surface area is 184 Å². The topological polar surface area (TPSA) is 44.8 Å². The van der Waals surface area contributed by atoms with Crippen LogP contribution in [0.4, 0.5) is 10.5 Å². The second-order valence-corrected chi connectivity index (χ2v) is 8.97. The van der Waals surface area contributed by atoms with Gasteiger partial charge in [0.25, 0.3) is 0 Å². The highest BCUT2D eigenvalue weighted by Crippen LogP contribution is 2.33. The van der Waals surface area contributed by atoms with E-state index >= 15 is 0 Å². The Morgan fingerprint density at radius 3 is 2.55 bits per heavy atom. The first-order valence-electron chi connectivity index (χ1n) is 10.9. The summed E-state index contributed by atoms with van der Waals surface area (Å²) in [5, 5.41) is 4.29. The van der Waals surface area contributed by atoms with Crippen LogP contribution in [0.3, 0.4) is 0 Å². The monoisotopic (exact) mass is 441 g/mol. The fraction of sp³-hybridized carbons (Fsp3) is 0.682. The summed E-state index contributed by atoms with van der Waals surface area (Å²) < 4.78 is 5.13. The van der Waals surface area contributed by atoms with Gasteiger partial charge in [-0.3, -0.25) is 4.90 Å². The van der Waals surface area contributed by atoms with Gasteiger partial charge in [0.2, 0.25) is 0 Å². The summed E-state index contributed by atoms with van der Waals surface area (Å²) >= 11 is 12.5. The number of amides is 1. The van der Waals surface area contributed by atoms with Crippen LogP contribution in [0, 0.1) is 5.92 Å². The van der Waals surface area contributed by atoms with Gasteiger partial charge in [0.1, 0.15) is 0 Å². The van der Waals surface area contributed by atoms with Crippen LogP contribution in [-0.4, -0.2) is 56.4 Å². The number of rotatable bonds is 7. The molecule has 162 valence electrons. The molecule has 0 spiro atoms. The first-order valence-corrected chi connectivity index (χ1v) is 11.7. The van der Waals surface area contributed by atoms with Crippen LogP contribution in [0.2, 0.25) is 10.0 Å². The van der Waals surface area contributed by atoms with E-state index in [0.717, 1.165) is 63.6 Å². The number of ether oxygens (including phenoxy) is 1. The standard InChI is InChI=1S/C22H33Cl2N3O2/c1-2-16-29-22(28)25-18-8-6-17(7-9-18)10-11-26-12-14-27(15-13-26)20-5-3-4-19(23)21(20)24/h3-5,17-18H,2,6-16H2,1H3,(H,25,28)/t17-,18-. The molecule has 1 aliphatic carbocycles. The van der Waals surface area contributed by atoms with Crippen molar-refractivity contribution in [2.45, 2.75) is 51.5 Å². The molecule has 7 heteroatoms. The zero-order valence-corrected chi connectivity index (χ0v) is 18.9. The summed E-state index contributed by atoms with van der Waals surface area (Å²) in [4.78, 5) is 16.6. The lowest BCUT2D eigenvalue weighted by Crippen LogP contribution is -2.47. The quantitative estimate of drug-likeness (QED) is 0.631. The molecule has 1 aromatic rings. The highest BCUT2D eigenvalue weighted by atomic mass is 35.5. The van der Waals surface area contributed by atoms with Gasteiger partial charge >= 0.3 is 6.09 Å². The summed E-state index contributed by atoms with van der Waals surface area (Å²) in [6.45, 7) is 7.74. The van der Waals surface area contributed by atoms with E-state index in [1.54, 1.807) is 0 Å². The van der Waals surface area contributed by atoms with Crippen LogP contribution in [0.5, 0.6) is 0 Å². The van der Waals surface area contributed by atoms with Crippen molar-refractivity contribution in [2.75, 3.05) is 44.2 Å². The third-order valence-electron chi connectivity index (χ3n) is 6.10. The molecule has 1 saturated heterocycles. The number of anilines is 1. The van der Waals surface area contributed by atoms with Crippen molar-refractivity contribution in [1.82, 2.24) is 10.2 Å². The van der Waals surface area contributed by atoms with E-state index in [4.69, 9.17) is 27.9 Å². The number of nitrogens with one attached hydrogen (secondary N) is 1. The predicted molar refractivity (Wildman–Crippen MR) is 120 cm³/mol. The zero-order chi connectivity index (χ0) is 20.6. The lowest BCUT2D eigenvalue weighted by atomic mass is 9.84. The molecule has 1 amide bonds. The third-order valence-corrected chi connectivity index (χ3v) is 6.91. The Balaban J connectivity index is 1.33. The molecule has 0 atom stereocenters. The van der Waals surface area contributed by atoms with Crippen LogP contribution in [0.15, 0.2) is 18.2 Å². The maximum absolute atomic E-state index is 11.7. The fourth-order valence-corrected chi connectivity index (χ4v) is 4.73. The Morgan fingerprint density at radius 2 is 1.86 bits per heavy atom. The van der Waals surface area contributed by atoms with Crippen LogP contribution in [-0.2, 0) is 4.74 Å². The molecule has 0 unspecified atom stereocenters. The van der Waals surface area contributed by atoms with Crippen LogP contribution >= 0.6 is 23.2 Å². The summed E-state index contributed by atoms with van der Waals surface area (Å²) in [5.41, 5.74) is 1.04. The first kappa shape index (κ1) is 22.5. The second kappa shape index (κ2) is 11.3. The van der Waals surface area contributed by atoms with Crippen molar-refractivity contribution in [1.29, 1.82) is 0 Å². The Kier molecular flexibility index (Phi) is 8.76. The lowest BCUT2D eigenvalue weighted by Gasteiger charge is -2.37. The first-order chi connectivity index (χ1) is 14.1. The molecule has 0 bridgehead atoms. The maximum atomic E-state index is 11.7. The summed E-state index contributed by atoms with van der Waals surface area (Å²) in [7, 11) is 0. The van der Waals surface area contributed by atoms with Gasteiger partial charge in [0.15, 0.2) is 0 Å². The van der Waals surface area contributed by atoms with Crippen molar-refractivity contribution in [2.24, 2.45) is 5.92 Å².